The third-order valence-electron chi connectivity index (χ3n) is 3.92. The summed E-state index contributed by atoms with van der Waals surface area (Å²) < 4.78 is 11.0. The van der Waals surface area contributed by atoms with Crippen molar-refractivity contribution in [3.63, 3.8) is 0 Å². The molecule has 100 valence electrons. The molecule has 5 heteroatoms. The van der Waals surface area contributed by atoms with E-state index in [9.17, 15) is 0 Å². The molecule has 0 unspecified atom stereocenters. The van der Waals surface area contributed by atoms with Crippen molar-refractivity contribution in [1.29, 1.82) is 0 Å². The third-order valence-corrected chi connectivity index (χ3v) is 3.92. The smallest absolute Gasteiger partial charge is 0.252 e. The van der Waals surface area contributed by atoms with E-state index >= 15 is 0 Å². The molecule has 2 aliphatic carbocycles. The molecule has 1 aromatic rings. The van der Waals surface area contributed by atoms with Gasteiger partial charge in [-0.2, -0.15) is 4.98 Å². The fraction of sp³-hybridized carbons (Fsp3) is 0.846. The molecule has 0 aliphatic heterocycles. The lowest BCUT2D eigenvalue weighted by molar-refractivity contribution is -0.00903. The van der Waals surface area contributed by atoms with Crippen molar-refractivity contribution in [1.82, 2.24) is 10.1 Å². The average molecular weight is 252 g/mol. The first-order valence-corrected chi connectivity index (χ1v) is 6.90. The van der Waals surface area contributed by atoms with Crippen LogP contribution in [0.4, 0.5) is 0 Å². The number of hydrogen-bond acceptors (Lipinski definition) is 5. The van der Waals surface area contributed by atoms with E-state index in [1.54, 1.807) is 0 Å². The van der Waals surface area contributed by atoms with Gasteiger partial charge in [0.25, 0.3) is 5.89 Å². The normalized spacial score (nSPS) is 28.5. The van der Waals surface area contributed by atoms with E-state index in [1.165, 1.54) is 12.8 Å². The number of ether oxygens (including phenoxy) is 1. The van der Waals surface area contributed by atoms with Crippen molar-refractivity contribution in [2.75, 3.05) is 6.61 Å². The van der Waals surface area contributed by atoms with E-state index < -0.39 is 0 Å². The molecule has 5 nitrogen and oxygen atoms in total. The Labute approximate surface area is 107 Å². The van der Waals surface area contributed by atoms with Crippen molar-refractivity contribution < 1.29 is 14.4 Å². The van der Waals surface area contributed by atoms with Gasteiger partial charge < -0.3 is 14.4 Å². The molecule has 1 aromatic heterocycles. The molecule has 0 atom stereocenters. The first kappa shape index (κ1) is 12.1. The predicted octanol–water partition coefficient (Wildman–Crippen LogP) is 2.01. The van der Waals surface area contributed by atoms with Crippen LogP contribution in [0.1, 0.15) is 56.2 Å². The minimum Gasteiger partial charge on any atom is -0.396 e. The lowest BCUT2D eigenvalue weighted by atomic mass is 9.88. The quantitative estimate of drug-likeness (QED) is 0.868. The summed E-state index contributed by atoms with van der Waals surface area (Å²) >= 11 is 0. The molecule has 1 N–H and O–H groups in total. The van der Waals surface area contributed by atoms with Gasteiger partial charge in [0.05, 0.1) is 6.10 Å². The first-order valence-electron chi connectivity index (χ1n) is 6.90. The molecular formula is C13H20N2O3. The van der Waals surface area contributed by atoms with Gasteiger partial charge in [-0.15, -0.1) is 0 Å². The summed E-state index contributed by atoms with van der Waals surface area (Å²) in [5, 5.41) is 13.0. The SMILES string of the molecule is OCC1CCC(OCc2nc(C3CC3)no2)CC1. The molecule has 0 bridgehead atoms. The Morgan fingerprint density at radius 2 is 1.94 bits per heavy atom. The van der Waals surface area contributed by atoms with E-state index in [2.05, 4.69) is 10.1 Å². The molecule has 2 fully saturated rings. The largest absolute Gasteiger partial charge is 0.396 e. The molecule has 2 saturated carbocycles. The summed E-state index contributed by atoms with van der Waals surface area (Å²) in [6.07, 6.45) is 6.81. The van der Waals surface area contributed by atoms with E-state index in [1.807, 2.05) is 0 Å². The van der Waals surface area contributed by atoms with E-state index in [0.29, 0.717) is 30.9 Å². The fourth-order valence-electron chi connectivity index (χ4n) is 2.50. The molecule has 0 saturated heterocycles. The monoisotopic (exact) mass is 252 g/mol. The predicted molar refractivity (Wildman–Crippen MR) is 63.9 cm³/mol. The van der Waals surface area contributed by atoms with Gasteiger partial charge in [0, 0.05) is 12.5 Å². The van der Waals surface area contributed by atoms with Gasteiger partial charge in [-0.1, -0.05) is 5.16 Å². The fourth-order valence-corrected chi connectivity index (χ4v) is 2.50. The summed E-state index contributed by atoms with van der Waals surface area (Å²) in [5.74, 6) is 2.44. The Hall–Kier alpha value is -0.940. The number of rotatable bonds is 5. The second kappa shape index (κ2) is 5.36. The average Bonchev–Trinajstić information content (AvgIpc) is 3.16. The van der Waals surface area contributed by atoms with Crippen LogP contribution >= 0.6 is 0 Å². The lowest BCUT2D eigenvalue weighted by Gasteiger charge is -2.26. The maximum atomic E-state index is 9.07. The van der Waals surface area contributed by atoms with Crippen LogP contribution in [0, 0.1) is 5.92 Å². The van der Waals surface area contributed by atoms with Crippen molar-refractivity contribution in [3.8, 4) is 0 Å². The van der Waals surface area contributed by atoms with Crippen LogP contribution in [0.15, 0.2) is 4.52 Å². The molecule has 3 rings (SSSR count). The molecule has 0 amide bonds. The molecule has 0 aromatic carbocycles. The third kappa shape index (κ3) is 2.90. The second-order valence-corrected chi connectivity index (χ2v) is 5.46. The van der Waals surface area contributed by atoms with Gasteiger partial charge in [-0.3, -0.25) is 0 Å². The second-order valence-electron chi connectivity index (χ2n) is 5.46. The van der Waals surface area contributed by atoms with Crippen molar-refractivity contribution >= 4 is 0 Å². The number of nitrogens with zero attached hydrogens (tertiary/aromatic N) is 2. The minimum absolute atomic E-state index is 0.282. The Balaban J connectivity index is 1.43. The number of aromatic nitrogens is 2. The highest BCUT2D eigenvalue weighted by Gasteiger charge is 2.29. The Kier molecular flexibility index (Phi) is 3.61. The summed E-state index contributed by atoms with van der Waals surface area (Å²) in [4.78, 5) is 4.34. The van der Waals surface area contributed by atoms with Gasteiger partial charge in [0.1, 0.15) is 6.61 Å². The number of aliphatic hydroxyl groups is 1. The summed E-state index contributed by atoms with van der Waals surface area (Å²) in [7, 11) is 0. The van der Waals surface area contributed by atoms with Gasteiger partial charge in [-0.05, 0) is 44.4 Å². The first-order chi connectivity index (χ1) is 8.85. The molecule has 18 heavy (non-hydrogen) atoms. The molecule has 2 aliphatic rings. The maximum Gasteiger partial charge on any atom is 0.252 e. The summed E-state index contributed by atoms with van der Waals surface area (Å²) in [5.41, 5.74) is 0. The molecule has 0 radical (unpaired) electrons. The van der Waals surface area contributed by atoms with Gasteiger partial charge in [0.15, 0.2) is 5.82 Å². The highest BCUT2D eigenvalue weighted by molar-refractivity contribution is 5.02. The zero-order chi connectivity index (χ0) is 12.4. The van der Waals surface area contributed by atoms with E-state index in [-0.39, 0.29) is 6.10 Å². The van der Waals surface area contributed by atoms with Gasteiger partial charge >= 0.3 is 0 Å². The van der Waals surface area contributed by atoms with Crippen LogP contribution in [0.3, 0.4) is 0 Å². The van der Waals surface area contributed by atoms with Crippen LogP contribution in [0.2, 0.25) is 0 Å². The van der Waals surface area contributed by atoms with E-state index in [0.717, 1.165) is 31.5 Å². The minimum atomic E-state index is 0.282. The van der Waals surface area contributed by atoms with Crippen molar-refractivity contribution in [2.45, 2.75) is 57.2 Å². The maximum absolute atomic E-state index is 9.07. The van der Waals surface area contributed by atoms with Crippen molar-refractivity contribution in [3.05, 3.63) is 11.7 Å². The van der Waals surface area contributed by atoms with Crippen LogP contribution in [0.5, 0.6) is 0 Å². The highest BCUT2D eigenvalue weighted by Crippen LogP contribution is 2.38. The molecule has 0 spiro atoms. The Bertz CT molecular complexity index is 381. The van der Waals surface area contributed by atoms with Crippen molar-refractivity contribution in [2.24, 2.45) is 5.92 Å². The standard InChI is InChI=1S/C13H20N2O3/c16-7-9-1-5-11(6-2-9)17-8-12-14-13(15-18-12)10-3-4-10/h9-11,16H,1-8H2. The van der Waals surface area contributed by atoms with Crippen LogP contribution in [-0.2, 0) is 11.3 Å². The molecular weight excluding hydrogens is 232 g/mol. The number of aliphatic hydroxyl groups excluding tert-OH is 1. The van der Waals surface area contributed by atoms with Crippen LogP contribution < -0.4 is 0 Å². The topological polar surface area (TPSA) is 68.4 Å². The van der Waals surface area contributed by atoms with E-state index in [4.69, 9.17) is 14.4 Å². The summed E-state index contributed by atoms with van der Waals surface area (Å²) in [6, 6.07) is 0. The highest BCUT2D eigenvalue weighted by atomic mass is 16.5. The summed E-state index contributed by atoms with van der Waals surface area (Å²) in [6.45, 7) is 0.731. The Morgan fingerprint density at radius 3 is 2.61 bits per heavy atom. The zero-order valence-corrected chi connectivity index (χ0v) is 10.5. The Morgan fingerprint density at radius 1 is 1.17 bits per heavy atom. The zero-order valence-electron chi connectivity index (χ0n) is 10.5. The van der Waals surface area contributed by atoms with Crippen LogP contribution in [0.25, 0.3) is 0 Å². The van der Waals surface area contributed by atoms with Crippen LogP contribution in [-0.4, -0.2) is 28.0 Å². The number of hydrogen-bond donors (Lipinski definition) is 1. The van der Waals surface area contributed by atoms with Gasteiger partial charge in [-0.25, -0.2) is 0 Å². The van der Waals surface area contributed by atoms with Gasteiger partial charge in [0.2, 0.25) is 0 Å². The molecule has 1 heterocycles. The lowest BCUT2D eigenvalue weighted by Crippen LogP contribution is -2.23.